The van der Waals surface area contributed by atoms with E-state index in [1.165, 1.54) is 0 Å². The van der Waals surface area contributed by atoms with Crippen LogP contribution in [0.3, 0.4) is 0 Å². The van der Waals surface area contributed by atoms with Gasteiger partial charge in [-0.05, 0) is 20.4 Å². The van der Waals surface area contributed by atoms with Gasteiger partial charge in [-0.25, -0.2) is 0 Å². The summed E-state index contributed by atoms with van der Waals surface area (Å²) in [5, 5.41) is 22.3. The van der Waals surface area contributed by atoms with E-state index in [9.17, 15) is 5.11 Å². The molecule has 0 saturated carbocycles. The zero-order chi connectivity index (χ0) is 10.7. The van der Waals surface area contributed by atoms with Gasteiger partial charge < -0.3 is 15.5 Å². The summed E-state index contributed by atoms with van der Waals surface area (Å²) in [6.45, 7) is 10.4. The standard InChI is InChI=1S/C10H23NO2/c1-6-11-10(4,5)8(13)9(2,3)7-12/h8,11-13H,6-7H2,1-5H3. The lowest BCUT2D eigenvalue weighted by molar-refractivity contribution is -0.0424. The molecule has 0 saturated heterocycles. The summed E-state index contributed by atoms with van der Waals surface area (Å²) in [5.74, 6) is 0. The molecule has 0 heterocycles. The van der Waals surface area contributed by atoms with Crippen LogP contribution in [0.1, 0.15) is 34.6 Å². The Kier molecular flexibility index (Phi) is 4.36. The number of likely N-dealkylation sites (N-methyl/N-ethyl adjacent to an activating group) is 1. The smallest absolute Gasteiger partial charge is 0.0788 e. The second-order valence-corrected chi connectivity index (χ2v) is 4.80. The van der Waals surface area contributed by atoms with E-state index in [1.54, 1.807) is 0 Å². The molecule has 0 spiro atoms. The molecule has 0 amide bonds. The second kappa shape index (κ2) is 4.40. The van der Waals surface area contributed by atoms with E-state index < -0.39 is 11.5 Å². The average molecular weight is 189 g/mol. The van der Waals surface area contributed by atoms with Gasteiger partial charge in [0.2, 0.25) is 0 Å². The molecule has 0 bridgehead atoms. The molecule has 0 aromatic carbocycles. The third-order valence-electron chi connectivity index (χ3n) is 2.46. The van der Waals surface area contributed by atoms with E-state index in [-0.39, 0.29) is 12.1 Å². The molecule has 3 nitrogen and oxygen atoms in total. The van der Waals surface area contributed by atoms with Crippen molar-refractivity contribution in [3.63, 3.8) is 0 Å². The molecule has 0 aliphatic heterocycles. The van der Waals surface area contributed by atoms with Gasteiger partial charge in [-0.1, -0.05) is 20.8 Å². The van der Waals surface area contributed by atoms with E-state index in [0.717, 1.165) is 6.54 Å². The van der Waals surface area contributed by atoms with Crippen molar-refractivity contribution >= 4 is 0 Å². The summed E-state index contributed by atoms with van der Waals surface area (Å²) >= 11 is 0. The quantitative estimate of drug-likeness (QED) is 0.598. The van der Waals surface area contributed by atoms with E-state index in [4.69, 9.17) is 5.11 Å². The molecule has 1 atom stereocenters. The first-order chi connectivity index (χ1) is 5.78. The van der Waals surface area contributed by atoms with Crippen molar-refractivity contribution in [3.05, 3.63) is 0 Å². The zero-order valence-electron chi connectivity index (χ0n) is 9.39. The minimum Gasteiger partial charge on any atom is -0.396 e. The highest BCUT2D eigenvalue weighted by Gasteiger charge is 2.38. The van der Waals surface area contributed by atoms with Crippen LogP contribution in [0, 0.1) is 5.41 Å². The predicted molar refractivity (Wildman–Crippen MR) is 54.6 cm³/mol. The molecule has 3 N–H and O–H groups in total. The van der Waals surface area contributed by atoms with Crippen LogP contribution in [0.5, 0.6) is 0 Å². The number of hydrogen-bond acceptors (Lipinski definition) is 3. The number of aliphatic hydroxyl groups is 2. The largest absolute Gasteiger partial charge is 0.396 e. The molecule has 1 unspecified atom stereocenters. The SMILES string of the molecule is CCNC(C)(C)C(O)C(C)(C)CO. The molecule has 0 aromatic heterocycles. The number of nitrogens with one attached hydrogen (secondary N) is 1. The van der Waals surface area contributed by atoms with Crippen molar-refractivity contribution in [2.75, 3.05) is 13.2 Å². The monoisotopic (exact) mass is 189 g/mol. The van der Waals surface area contributed by atoms with Gasteiger partial charge in [0, 0.05) is 11.0 Å². The number of aliphatic hydroxyl groups excluding tert-OH is 2. The van der Waals surface area contributed by atoms with Crippen molar-refractivity contribution in [1.29, 1.82) is 0 Å². The molecule has 0 fully saturated rings. The van der Waals surface area contributed by atoms with Crippen molar-refractivity contribution in [2.45, 2.75) is 46.3 Å². The van der Waals surface area contributed by atoms with E-state index in [1.807, 2.05) is 34.6 Å². The molecule has 0 aliphatic rings. The van der Waals surface area contributed by atoms with Crippen molar-refractivity contribution < 1.29 is 10.2 Å². The van der Waals surface area contributed by atoms with Crippen LogP contribution in [0.25, 0.3) is 0 Å². The van der Waals surface area contributed by atoms with Gasteiger partial charge in [0.25, 0.3) is 0 Å². The molecule has 3 heteroatoms. The Labute approximate surface area is 81.2 Å². The lowest BCUT2D eigenvalue weighted by Gasteiger charge is -2.40. The summed E-state index contributed by atoms with van der Waals surface area (Å²) < 4.78 is 0. The third kappa shape index (κ3) is 3.25. The van der Waals surface area contributed by atoms with Crippen molar-refractivity contribution in [1.82, 2.24) is 5.32 Å². The lowest BCUT2D eigenvalue weighted by Crippen LogP contribution is -2.56. The minimum absolute atomic E-state index is 0.0109. The molecule has 13 heavy (non-hydrogen) atoms. The summed E-state index contributed by atoms with van der Waals surface area (Å²) in [5.41, 5.74) is -0.827. The molecule has 0 aliphatic carbocycles. The van der Waals surface area contributed by atoms with E-state index in [2.05, 4.69) is 5.32 Å². The highest BCUT2D eigenvalue weighted by Crippen LogP contribution is 2.27. The summed E-state index contributed by atoms with van der Waals surface area (Å²) in [7, 11) is 0. The second-order valence-electron chi connectivity index (χ2n) is 4.80. The molecule has 0 aromatic rings. The van der Waals surface area contributed by atoms with Gasteiger partial charge >= 0.3 is 0 Å². The minimum atomic E-state index is -0.565. The van der Waals surface area contributed by atoms with Gasteiger partial charge in [-0.3, -0.25) is 0 Å². The van der Waals surface area contributed by atoms with Crippen molar-refractivity contribution in [3.8, 4) is 0 Å². The van der Waals surface area contributed by atoms with Gasteiger partial charge in [0.1, 0.15) is 0 Å². The fourth-order valence-electron chi connectivity index (χ4n) is 1.62. The highest BCUT2D eigenvalue weighted by atomic mass is 16.3. The molecule has 80 valence electrons. The number of rotatable bonds is 5. The Bertz CT molecular complexity index is 155. The first-order valence-corrected chi connectivity index (χ1v) is 4.82. The molecular weight excluding hydrogens is 166 g/mol. The summed E-state index contributed by atoms with van der Waals surface area (Å²) in [6.07, 6.45) is -0.565. The molecule has 0 radical (unpaired) electrons. The van der Waals surface area contributed by atoms with Crippen LogP contribution in [0.2, 0.25) is 0 Å². The van der Waals surface area contributed by atoms with Gasteiger partial charge in [-0.2, -0.15) is 0 Å². The highest BCUT2D eigenvalue weighted by molar-refractivity contribution is 4.94. The van der Waals surface area contributed by atoms with E-state index >= 15 is 0 Å². The maximum atomic E-state index is 10.0. The van der Waals surface area contributed by atoms with Crippen LogP contribution < -0.4 is 5.32 Å². The molecule has 0 rings (SSSR count). The van der Waals surface area contributed by atoms with Gasteiger partial charge in [0.05, 0.1) is 12.7 Å². The Morgan fingerprint density at radius 1 is 1.23 bits per heavy atom. The third-order valence-corrected chi connectivity index (χ3v) is 2.46. The Morgan fingerprint density at radius 2 is 1.69 bits per heavy atom. The lowest BCUT2D eigenvalue weighted by atomic mass is 9.77. The normalized spacial score (nSPS) is 15.9. The fourth-order valence-corrected chi connectivity index (χ4v) is 1.62. The predicted octanol–water partition coefficient (Wildman–Crippen LogP) is 0.754. The van der Waals surface area contributed by atoms with Crippen LogP contribution in [-0.4, -0.2) is 35.0 Å². The summed E-state index contributed by atoms with van der Waals surface area (Å²) in [6, 6.07) is 0. The Morgan fingerprint density at radius 3 is 2.00 bits per heavy atom. The maximum Gasteiger partial charge on any atom is 0.0788 e. The Balaban J connectivity index is 4.47. The van der Waals surface area contributed by atoms with Crippen LogP contribution in [0.4, 0.5) is 0 Å². The van der Waals surface area contributed by atoms with Crippen LogP contribution in [0.15, 0.2) is 0 Å². The topological polar surface area (TPSA) is 52.5 Å². The van der Waals surface area contributed by atoms with Crippen LogP contribution in [-0.2, 0) is 0 Å². The number of hydrogen-bond donors (Lipinski definition) is 3. The first-order valence-electron chi connectivity index (χ1n) is 4.82. The average Bonchev–Trinajstić information content (AvgIpc) is 2.03. The van der Waals surface area contributed by atoms with Gasteiger partial charge in [0.15, 0.2) is 0 Å². The maximum absolute atomic E-state index is 10.0. The van der Waals surface area contributed by atoms with Crippen LogP contribution >= 0.6 is 0 Å². The van der Waals surface area contributed by atoms with E-state index in [0.29, 0.717) is 0 Å². The fraction of sp³-hybridized carbons (Fsp3) is 1.00. The Hall–Kier alpha value is -0.120. The van der Waals surface area contributed by atoms with Gasteiger partial charge in [-0.15, -0.1) is 0 Å². The summed E-state index contributed by atoms with van der Waals surface area (Å²) in [4.78, 5) is 0. The van der Waals surface area contributed by atoms with Crippen molar-refractivity contribution in [2.24, 2.45) is 5.41 Å². The molecular formula is C10H23NO2. The first kappa shape index (κ1) is 12.9. The zero-order valence-corrected chi connectivity index (χ0v) is 9.39.